The van der Waals surface area contributed by atoms with Crippen LogP contribution >= 0.6 is 0 Å². The molecule has 0 bridgehead atoms. The molecule has 1 N–H and O–H groups in total. The Bertz CT molecular complexity index is 207. The topological polar surface area (TPSA) is 75.2 Å². The molecule has 0 radical (unpaired) electrons. The Balaban J connectivity index is 3.12. The van der Waals surface area contributed by atoms with Gasteiger partial charge in [-0.2, -0.15) is 5.10 Å². The monoisotopic (exact) mass is 125 g/mol. The molecule has 9 heavy (non-hydrogen) atoms. The third kappa shape index (κ3) is 0.835. The number of aromatic amines is 1. The van der Waals surface area contributed by atoms with Crippen molar-refractivity contribution in [2.24, 2.45) is 5.18 Å². The lowest BCUT2D eigenvalue weighted by Crippen LogP contribution is -1.77. The van der Waals surface area contributed by atoms with Crippen LogP contribution in [0, 0.1) is 4.91 Å². The lowest BCUT2D eigenvalue weighted by Gasteiger charge is -1.76. The van der Waals surface area contributed by atoms with Gasteiger partial charge in [-0.05, 0) is 5.18 Å². The highest BCUT2D eigenvalue weighted by Crippen LogP contribution is 2.11. The van der Waals surface area contributed by atoms with Crippen LogP contribution in [0.2, 0.25) is 0 Å². The molecule has 0 saturated heterocycles. The minimum atomic E-state index is 0.0463. The normalized spacial score (nSPS) is 8.89. The lowest BCUT2D eigenvalue weighted by molar-refractivity contribution is 0.111. The van der Waals surface area contributed by atoms with Gasteiger partial charge in [0, 0.05) is 0 Å². The van der Waals surface area contributed by atoms with E-state index in [2.05, 4.69) is 15.4 Å². The molecule has 0 fully saturated rings. The van der Waals surface area contributed by atoms with E-state index in [1.165, 1.54) is 6.20 Å². The van der Waals surface area contributed by atoms with Gasteiger partial charge in [-0.1, -0.05) is 0 Å². The van der Waals surface area contributed by atoms with Crippen LogP contribution in [0.3, 0.4) is 0 Å². The Morgan fingerprint density at radius 3 is 3.00 bits per heavy atom. The number of rotatable bonds is 2. The van der Waals surface area contributed by atoms with Crippen LogP contribution < -0.4 is 0 Å². The Kier molecular flexibility index (Phi) is 1.35. The quantitative estimate of drug-likeness (QED) is 0.465. The van der Waals surface area contributed by atoms with Gasteiger partial charge >= 0.3 is 0 Å². The summed E-state index contributed by atoms with van der Waals surface area (Å²) in [5, 5.41) is 8.23. The van der Waals surface area contributed by atoms with Crippen LogP contribution in [-0.2, 0) is 0 Å². The van der Waals surface area contributed by atoms with Gasteiger partial charge in [0.1, 0.15) is 5.69 Å². The molecule has 0 aromatic carbocycles. The predicted molar refractivity (Wildman–Crippen MR) is 29.4 cm³/mol. The van der Waals surface area contributed by atoms with Crippen LogP contribution in [0.15, 0.2) is 11.4 Å². The summed E-state index contributed by atoms with van der Waals surface area (Å²) in [6.45, 7) is 0. The van der Waals surface area contributed by atoms with Crippen molar-refractivity contribution in [1.29, 1.82) is 0 Å². The number of H-pyrrole nitrogens is 1. The third-order valence-electron chi connectivity index (χ3n) is 0.864. The van der Waals surface area contributed by atoms with Gasteiger partial charge in [-0.15, -0.1) is 4.91 Å². The fraction of sp³-hybridized carbons (Fsp3) is 0. The molecule has 46 valence electrons. The number of nitroso groups, excluding NO2 is 1. The first-order valence-electron chi connectivity index (χ1n) is 2.20. The highest BCUT2D eigenvalue weighted by Gasteiger charge is 2.00. The number of nitrogens with one attached hydrogen (secondary N) is 1. The van der Waals surface area contributed by atoms with Crippen LogP contribution in [-0.4, -0.2) is 16.5 Å². The summed E-state index contributed by atoms with van der Waals surface area (Å²) in [6.07, 6.45) is 1.68. The predicted octanol–water partition coefficient (Wildman–Crippen LogP) is 0.620. The second kappa shape index (κ2) is 2.17. The smallest absolute Gasteiger partial charge is 0.170 e. The molecule has 0 unspecified atom stereocenters. The first-order valence-corrected chi connectivity index (χ1v) is 2.20. The van der Waals surface area contributed by atoms with Crippen molar-refractivity contribution in [3.63, 3.8) is 0 Å². The molecule has 0 aliphatic rings. The van der Waals surface area contributed by atoms with E-state index in [0.717, 1.165) is 0 Å². The van der Waals surface area contributed by atoms with E-state index in [1.54, 1.807) is 0 Å². The number of nitrogens with zero attached hydrogens (tertiary/aromatic N) is 2. The molecule has 0 atom stereocenters. The number of carbonyl (C=O) groups excluding carboxylic acids is 1. The SMILES string of the molecule is O=Cc1[nH]ncc1N=O. The van der Waals surface area contributed by atoms with E-state index in [1.807, 2.05) is 0 Å². The Hall–Kier alpha value is -1.52. The molecule has 0 saturated carbocycles. The van der Waals surface area contributed by atoms with Gasteiger partial charge in [-0.3, -0.25) is 9.89 Å². The summed E-state index contributed by atoms with van der Waals surface area (Å²) in [5.74, 6) is 0. The van der Waals surface area contributed by atoms with Crippen LogP contribution in [0.4, 0.5) is 5.69 Å². The number of aldehydes is 1. The summed E-state index contributed by atoms with van der Waals surface area (Å²) in [4.78, 5) is 19.8. The standard InChI is InChI=1S/C4H3N3O2/c8-2-4-3(7-9)1-5-6-4/h1-2H,(H,5,6). The Morgan fingerprint density at radius 2 is 2.56 bits per heavy atom. The summed E-state index contributed by atoms with van der Waals surface area (Å²) in [7, 11) is 0. The van der Waals surface area contributed by atoms with Gasteiger partial charge in [0.25, 0.3) is 0 Å². The van der Waals surface area contributed by atoms with Crippen molar-refractivity contribution >= 4 is 12.0 Å². The molecule has 0 spiro atoms. The van der Waals surface area contributed by atoms with Crippen LogP contribution in [0.1, 0.15) is 10.5 Å². The number of hydrogen-bond acceptors (Lipinski definition) is 4. The Morgan fingerprint density at radius 1 is 1.78 bits per heavy atom. The minimum absolute atomic E-state index is 0.0463. The zero-order chi connectivity index (χ0) is 6.69. The van der Waals surface area contributed by atoms with Crippen molar-refractivity contribution < 1.29 is 4.79 Å². The minimum Gasteiger partial charge on any atom is -0.296 e. The van der Waals surface area contributed by atoms with Crippen LogP contribution in [0.5, 0.6) is 0 Å². The third-order valence-corrected chi connectivity index (χ3v) is 0.864. The molecule has 0 amide bonds. The van der Waals surface area contributed by atoms with Crippen LogP contribution in [0.25, 0.3) is 0 Å². The van der Waals surface area contributed by atoms with Crippen molar-refractivity contribution in [2.75, 3.05) is 0 Å². The van der Waals surface area contributed by atoms with Gasteiger partial charge in [0.2, 0.25) is 0 Å². The first kappa shape index (κ1) is 5.61. The molecule has 1 rings (SSSR count). The molecular weight excluding hydrogens is 122 g/mol. The van der Waals surface area contributed by atoms with Gasteiger partial charge in [-0.25, -0.2) is 0 Å². The maximum atomic E-state index is 9.98. The van der Waals surface area contributed by atoms with Crippen molar-refractivity contribution in [3.05, 3.63) is 16.8 Å². The number of aromatic nitrogens is 2. The molecule has 1 aromatic rings. The Labute approximate surface area is 50.0 Å². The van der Waals surface area contributed by atoms with E-state index in [9.17, 15) is 9.70 Å². The van der Waals surface area contributed by atoms with E-state index < -0.39 is 0 Å². The van der Waals surface area contributed by atoms with Gasteiger partial charge in [0.05, 0.1) is 6.20 Å². The van der Waals surface area contributed by atoms with E-state index in [4.69, 9.17) is 0 Å². The highest BCUT2D eigenvalue weighted by molar-refractivity contribution is 5.79. The molecular formula is C4H3N3O2. The molecule has 0 aliphatic heterocycles. The molecule has 5 heteroatoms. The maximum absolute atomic E-state index is 9.98. The number of hydrogen-bond donors (Lipinski definition) is 1. The van der Waals surface area contributed by atoms with E-state index in [0.29, 0.717) is 6.29 Å². The van der Waals surface area contributed by atoms with Gasteiger partial charge in [0.15, 0.2) is 12.0 Å². The highest BCUT2D eigenvalue weighted by atomic mass is 16.3. The molecule has 1 heterocycles. The summed E-state index contributed by atoms with van der Waals surface area (Å²) in [6, 6.07) is 0. The zero-order valence-corrected chi connectivity index (χ0v) is 4.37. The maximum Gasteiger partial charge on any atom is 0.170 e. The summed E-state index contributed by atoms with van der Waals surface area (Å²) >= 11 is 0. The van der Waals surface area contributed by atoms with E-state index >= 15 is 0 Å². The second-order valence-corrected chi connectivity index (χ2v) is 1.38. The lowest BCUT2D eigenvalue weighted by atomic mass is 10.4. The average molecular weight is 125 g/mol. The fourth-order valence-electron chi connectivity index (χ4n) is 0.449. The van der Waals surface area contributed by atoms with Gasteiger partial charge < -0.3 is 0 Å². The van der Waals surface area contributed by atoms with Crippen molar-refractivity contribution in [1.82, 2.24) is 10.2 Å². The van der Waals surface area contributed by atoms with Crippen molar-refractivity contribution in [3.8, 4) is 0 Å². The molecule has 5 nitrogen and oxygen atoms in total. The number of carbonyl (C=O) groups is 1. The average Bonchev–Trinajstić information content (AvgIpc) is 2.33. The molecule has 1 aromatic heterocycles. The first-order chi connectivity index (χ1) is 4.38. The fourth-order valence-corrected chi connectivity index (χ4v) is 0.449. The second-order valence-electron chi connectivity index (χ2n) is 1.38. The largest absolute Gasteiger partial charge is 0.296 e. The zero-order valence-electron chi connectivity index (χ0n) is 4.37. The van der Waals surface area contributed by atoms with E-state index in [-0.39, 0.29) is 11.4 Å². The summed E-state index contributed by atoms with van der Waals surface area (Å²) in [5.41, 5.74) is 0.162. The van der Waals surface area contributed by atoms with Crippen molar-refractivity contribution in [2.45, 2.75) is 0 Å². The summed E-state index contributed by atoms with van der Waals surface area (Å²) < 4.78 is 0. The molecule has 0 aliphatic carbocycles.